The van der Waals surface area contributed by atoms with E-state index in [0.29, 0.717) is 0 Å². The molecule has 2 heterocycles. The molecule has 0 saturated carbocycles. The molecule has 1 saturated heterocycles. The van der Waals surface area contributed by atoms with E-state index in [2.05, 4.69) is 21.4 Å². The molecule has 16 heavy (non-hydrogen) atoms. The molecular weight excluding hydrogens is 202 g/mol. The number of hydrogen-bond acceptors (Lipinski definition) is 4. The van der Waals surface area contributed by atoms with Crippen LogP contribution in [-0.4, -0.2) is 30.2 Å². The Bertz CT molecular complexity index is 303. The Morgan fingerprint density at radius 2 is 2.06 bits per heavy atom. The number of aromatic nitrogens is 1. The van der Waals surface area contributed by atoms with Gasteiger partial charge < -0.3 is 9.84 Å². The molecule has 0 aliphatic carbocycles. The summed E-state index contributed by atoms with van der Waals surface area (Å²) in [6.07, 6.45) is 5.38. The molecule has 0 unspecified atom stereocenters. The third-order valence-electron chi connectivity index (χ3n) is 3.04. The monoisotopic (exact) mass is 223 g/mol. The number of nitrogens with zero attached hydrogens (tertiary/aromatic N) is 2. The van der Waals surface area contributed by atoms with E-state index in [-0.39, 0.29) is 0 Å². The fourth-order valence-electron chi connectivity index (χ4n) is 2.21. The van der Waals surface area contributed by atoms with Crippen LogP contribution in [0, 0.1) is 0 Å². The third-order valence-corrected chi connectivity index (χ3v) is 3.04. The van der Waals surface area contributed by atoms with Gasteiger partial charge in [0, 0.05) is 12.6 Å². The highest BCUT2D eigenvalue weighted by molar-refractivity contribution is 5.05. The second kappa shape index (κ2) is 6.01. The maximum absolute atomic E-state index is 5.33. The van der Waals surface area contributed by atoms with Gasteiger partial charge in [0.1, 0.15) is 0 Å². The van der Waals surface area contributed by atoms with Crippen molar-refractivity contribution in [3.63, 3.8) is 0 Å². The van der Waals surface area contributed by atoms with E-state index in [1.54, 1.807) is 0 Å². The van der Waals surface area contributed by atoms with Gasteiger partial charge in [0.25, 0.3) is 0 Å². The van der Waals surface area contributed by atoms with Gasteiger partial charge in [-0.2, -0.15) is 0 Å². The summed E-state index contributed by atoms with van der Waals surface area (Å²) in [4.78, 5) is 2.47. The molecule has 0 bridgehead atoms. The molecule has 0 radical (unpaired) electrons. The molecule has 1 aliphatic heterocycles. The minimum Gasteiger partial charge on any atom is -0.360 e. The van der Waals surface area contributed by atoms with Gasteiger partial charge in [0.15, 0.2) is 5.76 Å². The SMILES string of the molecule is CNCc1cc(CN2CCCCCC2)on1. The van der Waals surface area contributed by atoms with Crippen LogP contribution in [0.2, 0.25) is 0 Å². The maximum Gasteiger partial charge on any atom is 0.151 e. The summed E-state index contributed by atoms with van der Waals surface area (Å²) >= 11 is 0. The summed E-state index contributed by atoms with van der Waals surface area (Å²) in [5.74, 6) is 0.993. The Morgan fingerprint density at radius 3 is 2.75 bits per heavy atom. The molecule has 4 heteroatoms. The standard InChI is InChI=1S/C12H21N3O/c1-13-9-11-8-12(16-14-11)10-15-6-4-2-3-5-7-15/h8,13H,2-7,9-10H2,1H3. The third kappa shape index (κ3) is 3.32. The zero-order valence-corrected chi connectivity index (χ0v) is 10.0. The summed E-state index contributed by atoms with van der Waals surface area (Å²) in [6.45, 7) is 4.09. The van der Waals surface area contributed by atoms with E-state index in [1.165, 1.54) is 38.8 Å². The van der Waals surface area contributed by atoms with Crippen LogP contribution in [0.3, 0.4) is 0 Å². The molecule has 1 aromatic rings. The zero-order chi connectivity index (χ0) is 11.2. The first-order valence-corrected chi connectivity index (χ1v) is 6.20. The molecular formula is C12H21N3O. The van der Waals surface area contributed by atoms with Crippen molar-refractivity contribution in [1.82, 2.24) is 15.4 Å². The Hall–Kier alpha value is -0.870. The molecule has 1 aliphatic rings. The van der Waals surface area contributed by atoms with Crippen LogP contribution in [0.1, 0.15) is 37.1 Å². The van der Waals surface area contributed by atoms with Gasteiger partial charge in [0.2, 0.25) is 0 Å². The van der Waals surface area contributed by atoms with Crippen LogP contribution >= 0.6 is 0 Å². The molecule has 4 nitrogen and oxygen atoms in total. The van der Waals surface area contributed by atoms with Gasteiger partial charge >= 0.3 is 0 Å². The molecule has 0 atom stereocenters. The van der Waals surface area contributed by atoms with Gasteiger partial charge in [0.05, 0.1) is 12.2 Å². The van der Waals surface area contributed by atoms with Gasteiger partial charge in [-0.15, -0.1) is 0 Å². The first kappa shape index (κ1) is 11.6. The van der Waals surface area contributed by atoms with E-state index >= 15 is 0 Å². The number of hydrogen-bond donors (Lipinski definition) is 1. The lowest BCUT2D eigenvalue weighted by Gasteiger charge is -2.17. The van der Waals surface area contributed by atoms with Crippen molar-refractivity contribution < 1.29 is 4.52 Å². The molecule has 1 N–H and O–H groups in total. The topological polar surface area (TPSA) is 41.3 Å². The van der Waals surface area contributed by atoms with Crippen LogP contribution in [0.15, 0.2) is 10.6 Å². The molecule has 1 aromatic heterocycles. The fraction of sp³-hybridized carbons (Fsp3) is 0.750. The average molecular weight is 223 g/mol. The number of rotatable bonds is 4. The lowest BCUT2D eigenvalue weighted by molar-refractivity contribution is 0.238. The van der Waals surface area contributed by atoms with Crippen molar-refractivity contribution >= 4 is 0 Å². The zero-order valence-electron chi connectivity index (χ0n) is 10.0. The molecule has 0 spiro atoms. The summed E-state index contributed by atoms with van der Waals surface area (Å²) in [5.41, 5.74) is 0.993. The predicted octanol–water partition coefficient (Wildman–Crippen LogP) is 1.77. The Labute approximate surface area is 97.0 Å². The predicted molar refractivity (Wildman–Crippen MR) is 63.0 cm³/mol. The lowest BCUT2D eigenvalue weighted by Crippen LogP contribution is -2.23. The van der Waals surface area contributed by atoms with Crippen molar-refractivity contribution in [2.45, 2.75) is 38.8 Å². The highest BCUT2D eigenvalue weighted by atomic mass is 16.5. The fourth-order valence-corrected chi connectivity index (χ4v) is 2.21. The van der Waals surface area contributed by atoms with E-state index in [9.17, 15) is 0 Å². The van der Waals surface area contributed by atoms with Crippen LogP contribution in [0.25, 0.3) is 0 Å². The lowest BCUT2D eigenvalue weighted by atomic mass is 10.2. The van der Waals surface area contributed by atoms with Crippen LogP contribution in [0.5, 0.6) is 0 Å². The maximum atomic E-state index is 5.33. The summed E-state index contributed by atoms with van der Waals surface area (Å²) in [6, 6.07) is 2.06. The van der Waals surface area contributed by atoms with Crippen LogP contribution < -0.4 is 5.32 Å². The second-order valence-corrected chi connectivity index (χ2v) is 4.51. The summed E-state index contributed by atoms with van der Waals surface area (Å²) in [5, 5.41) is 7.11. The van der Waals surface area contributed by atoms with Gasteiger partial charge in [-0.25, -0.2) is 0 Å². The van der Waals surface area contributed by atoms with Crippen molar-refractivity contribution in [3.05, 3.63) is 17.5 Å². The Kier molecular flexibility index (Phi) is 4.36. The first-order valence-electron chi connectivity index (χ1n) is 6.20. The Morgan fingerprint density at radius 1 is 1.31 bits per heavy atom. The van der Waals surface area contributed by atoms with Crippen molar-refractivity contribution in [2.75, 3.05) is 20.1 Å². The van der Waals surface area contributed by atoms with Crippen molar-refractivity contribution in [1.29, 1.82) is 0 Å². The van der Waals surface area contributed by atoms with Crippen molar-refractivity contribution in [3.8, 4) is 0 Å². The second-order valence-electron chi connectivity index (χ2n) is 4.51. The van der Waals surface area contributed by atoms with E-state index in [1.807, 2.05) is 7.05 Å². The quantitative estimate of drug-likeness (QED) is 0.844. The van der Waals surface area contributed by atoms with Gasteiger partial charge in [-0.05, 0) is 33.0 Å². The molecule has 1 fully saturated rings. The van der Waals surface area contributed by atoms with E-state index in [4.69, 9.17) is 4.52 Å². The van der Waals surface area contributed by atoms with Crippen LogP contribution in [-0.2, 0) is 13.1 Å². The van der Waals surface area contributed by atoms with Crippen molar-refractivity contribution in [2.24, 2.45) is 0 Å². The molecule has 0 amide bonds. The van der Waals surface area contributed by atoms with Gasteiger partial charge in [-0.3, -0.25) is 4.90 Å². The number of likely N-dealkylation sites (tertiary alicyclic amines) is 1. The number of nitrogens with one attached hydrogen (secondary N) is 1. The van der Waals surface area contributed by atoms with E-state index in [0.717, 1.165) is 24.5 Å². The van der Waals surface area contributed by atoms with Crippen LogP contribution in [0.4, 0.5) is 0 Å². The minimum atomic E-state index is 0.781. The first-order chi connectivity index (χ1) is 7.88. The summed E-state index contributed by atoms with van der Waals surface area (Å²) < 4.78 is 5.33. The average Bonchev–Trinajstić information content (AvgIpc) is 2.56. The normalized spacial score (nSPS) is 18.6. The van der Waals surface area contributed by atoms with E-state index < -0.39 is 0 Å². The molecule has 90 valence electrons. The summed E-state index contributed by atoms with van der Waals surface area (Å²) in [7, 11) is 1.92. The smallest absolute Gasteiger partial charge is 0.151 e. The molecule has 2 rings (SSSR count). The highest BCUT2D eigenvalue weighted by Crippen LogP contribution is 2.13. The largest absolute Gasteiger partial charge is 0.360 e. The highest BCUT2D eigenvalue weighted by Gasteiger charge is 2.12. The minimum absolute atomic E-state index is 0.781. The molecule has 0 aromatic carbocycles. The Balaban J connectivity index is 1.86. The van der Waals surface area contributed by atoms with Gasteiger partial charge in [-0.1, -0.05) is 18.0 Å².